The maximum absolute atomic E-state index is 11.8. The van der Waals surface area contributed by atoms with Crippen LogP contribution in [0.3, 0.4) is 0 Å². The average Bonchev–Trinajstić information content (AvgIpc) is 2.73. The lowest BCUT2D eigenvalue weighted by molar-refractivity contribution is -0.123. The van der Waals surface area contributed by atoms with Crippen molar-refractivity contribution in [1.29, 1.82) is 0 Å². The van der Waals surface area contributed by atoms with Crippen LogP contribution < -0.4 is 10.1 Å². The predicted molar refractivity (Wildman–Crippen MR) is 110 cm³/mol. The molecule has 0 saturated heterocycles. The molecule has 0 atom stereocenters. The number of hydrogen-bond donors (Lipinski definition) is 1. The molecule has 0 fully saturated rings. The minimum Gasteiger partial charge on any atom is -0.484 e. The van der Waals surface area contributed by atoms with E-state index in [0.29, 0.717) is 24.5 Å². The molecule has 0 spiro atoms. The molecule has 0 heterocycles. The maximum Gasteiger partial charge on any atom is 0.338 e. The molecule has 1 amide bonds. The molecule has 0 aliphatic heterocycles. The number of benzene rings is 2. The van der Waals surface area contributed by atoms with E-state index in [0.717, 1.165) is 24.0 Å². The maximum atomic E-state index is 11.8. The SMILES string of the molecule is CCCCCCNC(=O)COc1ccc(-c2ccc(C(=O)OCC)cc2)cc1. The highest BCUT2D eigenvalue weighted by atomic mass is 16.5. The summed E-state index contributed by atoms with van der Waals surface area (Å²) in [5, 5.41) is 2.87. The Bertz CT molecular complexity index is 738. The first-order valence-corrected chi connectivity index (χ1v) is 9.91. The number of nitrogens with one attached hydrogen (secondary N) is 1. The van der Waals surface area contributed by atoms with Gasteiger partial charge in [0.25, 0.3) is 5.91 Å². The molecule has 0 aliphatic carbocycles. The van der Waals surface area contributed by atoms with Gasteiger partial charge in [0.15, 0.2) is 6.61 Å². The summed E-state index contributed by atoms with van der Waals surface area (Å²) < 4.78 is 10.5. The van der Waals surface area contributed by atoms with Gasteiger partial charge in [-0.2, -0.15) is 0 Å². The largest absolute Gasteiger partial charge is 0.484 e. The molecule has 0 aromatic heterocycles. The molecule has 2 aromatic rings. The van der Waals surface area contributed by atoms with Crippen LogP contribution in [-0.2, 0) is 9.53 Å². The zero-order valence-electron chi connectivity index (χ0n) is 16.7. The normalized spacial score (nSPS) is 10.4. The molecular formula is C23H29NO4. The second-order valence-corrected chi connectivity index (χ2v) is 6.52. The van der Waals surface area contributed by atoms with Crippen LogP contribution in [0.4, 0.5) is 0 Å². The number of carbonyl (C=O) groups is 2. The van der Waals surface area contributed by atoms with Gasteiger partial charge in [0, 0.05) is 6.54 Å². The van der Waals surface area contributed by atoms with Gasteiger partial charge in [-0.05, 0) is 48.7 Å². The number of carbonyl (C=O) groups excluding carboxylic acids is 2. The van der Waals surface area contributed by atoms with Gasteiger partial charge >= 0.3 is 5.97 Å². The Hall–Kier alpha value is -2.82. The average molecular weight is 383 g/mol. The van der Waals surface area contributed by atoms with Crippen LogP contribution in [0.1, 0.15) is 49.9 Å². The highest BCUT2D eigenvalue weighted by Gasteiger charge is 2.07. The lowest BCUT2D eigenvalue weighted by Gasteiger charge is -2.09. The number of amides is 1. The van der Waals surface area contributed by atoms with Crippen LogP contribution in [0.5, 0.6) is 5.75 Å². The van der Waals surface area contributed by atoms with Crippen molar-refractivity contribution < 1.29 is 19.1 Å². The molecule has 0 radical (unpaired) electrons. The number of hydrogen-bond acceptors (Lipinski definition) is 4. The zero-order valence-corrected chi connectivity index (χ0v) is 16.7. The van der Waals surface area contributed by atoms with E-state index in [4.69, 9.17) is 9.47 Å². The van der Waals surface area contributed by atoms with E-state index in [-0.39, 0.29) is 18.5 Å². The van der Waals surface area contributed by atoms with Crippen LogP contribution in [0.25, 0.3) is 11.1 Å². The second kappa shape index (κ2) is 11.8. The van der Waals surface area contributed by atoms with Crippen molar-refractivity contribution in [2.24, 2.45) is 0 Å². The van der Waals surface area contributed by atoms with Crippen LogP contribution >= 0.6 is 0 Å². The van der Waals surface area contributed by atoms with E-state index in [9.17, 15) is 9.59 Å². The van der Waals surface area contributed by atoms with E-state index in [1.165, 1.54) is 12.8 Å². The van der Waals surface area contributed by atoms with Crippen molar-refractivity contribution in [2.45, 2.75) is 39.5 Å². The van der Waals surface area contributed by atoms with Gasteiger partial charge in [-0.25, -0.2) is 4.79 Å². The summed E-state index contributed by atoms with van der Waals surface area (Å²) in [5.74, 6) is 0.226. The van der Waals surface area contributed by atoms with E-state index in [2.05, 4.69) is 12.2 Å². The van der Waals surface area contributed by atoms with Crippen LogP contribution in [0, 0.1) is 0 Å². The lowest BCUT2D eigenvalue weighted by atomic mass is 10.0. The monoisotopic (exact) mass is 383 g/mol. The molecule has 2 aromatic carbocycles. The summed E-state index contributed by atoms with van der Waals surface area (Å²) in [4.78, 5) is 23.5. The third-order valence-electron chi connectivity index (χ3n) is 4.31. The minimum absolute atomic E-state index is 0.0152. The Morgan fingerprint density at radius 3 is 2.11 bits per heavy atom. The summed E-state index contributed by atoms with van der Waals surface area (Å²) in [7, 11) is 0. The van der Waals surface area contributed by atoms with Crippen LogP contribution in [0.15, 0.2) is 48.5 Å². The first kappa shape index (κ1) is 21.5. The molecule has 0 bridgehead atoms. The molecule has 0 saturated carbocycles. The van der Waals surface area contributed by atoms with Crippen molar-refractivity contribution in [1.82, 2.24) is 5.32 Å². The molecular weight excluding hydrogens is 354 g/mol. The van der Waals surface area contributed by atoms with E-state index in [1.807, 2.05) is 36.4 Å². The summed E-state index contributed by atoms with van der Waals surface area (Å²) >= 11 is 0. The van der Waals surface area contributed by atoms with Gasteiger partial charge < -0.3 is 14.8 Å². The second-order valence-electron chi connectivity index (χ2n) is 6.52. The number of ether oxygens (including phenoxy) is 2. The number of esters is 1. The fraction of sp³-hybridized carbons (Fsp3) is 0.391. The third-order valence-corrected chi connectivity index (χ3v) is 4.31. The van der Waals surface area contributed by atoms with Crippen LogP contribution in [-0.4, -0.2) is 31.6 Å². The van der Waals surface area contributed by atoms with Gasteiger partial charge in [0.05, 0.1) is 12.2 Å². The van der Waals surface area contributed by atoms with Crippen molar-refractivity contribution in [3.63, 3.8) is 0 Å². The minimum atomic E-state index is -0.318. The predicted octanol–water partition coefficient (Wildman–Crippen LogP) is 4.61. The van der Waals surface area contributed by atoms with Crippen LogP contribution in [0.2, 0.25) is 0 Å². The molecule has 0 unspecified atom stereocenters. The van der Waals surface area contributed by atoms with E-state index in [1.54, 1.807) is 19.1 Å². The standard InChI is InChI=1S/C23H29NO4/c1-3-5-6-7-16-24-22(25)17-28-21-14-12-19(13-15-21)18-8-10-20(11-9-18)23(26)27-4-2/h8-15H,3-7,16-17H2,1-2H3,(H,24,25). The fourth-order valence-electron chi connectivity index (χ4n) is 2.74. The topological polar surface area (TPSA) is 64.6 Å². The molecule has 0 aliphatic rings. The highest BCUT2D eigenvalue weighted by Crippen LogP contribution is 2.23. The quantitative estimate of drug-likeness (QED) is 0.455. The smallest absolute Gasteiger partial charge is 0.338 e. The van der Waals surface area contributed by atoms with Crippen molar-refractivity contribution in [3.8, 4) is 16.9 Å². The van der Waals surface area contributed by atoms with Gasteiger partial charge in [0.1, 0.15) is 5.75 Å². The zero-order chi connectivity index (χ0) is 20.2. The van der Waals surface area contributed by atoms with Gasteiger partial charge in [-0.1, -0.05) is 50.5 Å². The molecule has 1 N–H and O–H groups in total. The summed E-state index contributed by atoms with van der Waals surface area (Å²) in [6.45, 7) is 5.02. The Morgan fingerprint density at radius 2 is 1.50 bits per heavy atom. The molecule has 2 rings (SSSR count). The van der Waals surface area contributed by atoms with Crippen molar-refractivity contribution in [2.75, 3.05) is 19.8 Å². The van der Waals surface area contributed by atoms with Gasteiger partial charge in [-0.15, -0.1) is 0 Å². The third kappa shape index (κ3) is 7.06. The fourth-order valence-corrected chi connectivity index (χ4v) is 2.74. The van der Waals surface area contributed by atoms with Gasteiger partial charge in [0.2, 0.25) is 0 Å². The Labute approximate surface area is 167 Å². The van der Waals surface area contributed by atoms with E-state index >= 15 is 0 Å². The van der Waals surface area contributed by atoms with Crippen molar-refractivity contribution >= 4 is 11.9 Å². The summed E-state index contributed by atoms with van der Waals surface area (Å²) in [6, 6.07) is 14.8. The summed E-state index contributed by atoms with van der Waals surface area (Å²) in [5.41, 5.74) is 2.53. The van der Waals surface area contributed by atoms with Gasteiger partial charge in [-0.3, -0.25) is 4.79 Å². The lowest BCUT2D eigenvalue weighted by Crippen LogP contribution is -2.29. The number of rotatable bonds is 11. The molecule has 28 heavy (non-hydrogen) atoms. The molecule has 5 heteroatoms. The number of unbranched alkanes of at least 4 members (excludes halogenated alkanes) is 3. The first-order valence-electron chi connectivity index (χ1n) is 9.91. The molecule has 5 nitrogen and oxygen atoms in total. The van der Waals surface area contributed by atoms with Crippen molar-refractivity contribution in [3.05, 3.63) is 54.1 Å². The first-order chi connectivity index (χ1) is 13.6. The molecule has 150 valence electrons. The Morgan fingerprint density at radius 1 is 0.857 bits per heavy atom. The Balaban J connectivity index is 1.81. The summed E-state index contributed by atoms with van der Waals surface area (Å²) in [6.07, 6.45) is 4.52. The highest BCUT2D eigenvalue weighted by molar-refractivity contribution is 5.90. The Kier molecular flexibility index (Phi) is 9.05. The van der Waals surface area contributed by atoms with E-state index < -0.39 is 0 Å².